The number of methoxy groups -OCH3 is 1. The molecule has 2 aliphatic rings. The fourth-order valence-corrected chi connectivity index (χ4v) is 4.91. The number of benzene rings is 1. The third-order valence-corrected chi connectivity index (χ3v) is 6.83. The van der Waals surface area contributed by atoms with E-state index in [1.165, 1.54) is 0 Å². The zero-order chi connectivity index (χ0) is 25.3. The molecular weight excluding hydrogens is 454 g/mol. The molecule has 1 atom stereocenters. The number of nitrogens with zero attached hydrogens (tertiary/aromatic N) is 3. The van der Waals surface area contributed by atoms with Gasteiger partial charge in [0.2, 0.25) is 5.82 Å². The number of allylic oxidation sites excluding steroid dienone is 2. The smallest absolute Gasteiger partial charge is 0.316 e. The Morgan fingerprint density at radius 3 is 2.61 bits per heavy atom. The summed E-state index contributed by atoms with van der Waals surface area (Å²) in [6.07, 6.45) is 12.9. The zero-order valence-corrected chi connectivity index (χ0v) is 20.7. The van der Waals surface area contributed by atoms with Gasteiger partial charge in [-0.05, 0) is 36.5 Å². The Kier molecular flexibility index (Phi) is 8.47. The van der Waals surface area contributed by atoms with Crippen LogP contribution in [-0.4, -0.2) is 48.5 Å². The number of amides is 2. The molecule has 4 rings (SSSR count). The molecule has 0 saturated heterocycles. The van der Waals surface area contributed by atoms with E-state index in [0.29, 0.717) is 31.9 Å². The van der Waals surface area contributed by atoms with Gasteiger partial charge in [-0.3, -0.25) is 0 Å². The Balaban J connectivity index is 1.53. The largest absolute Gasteiger partial charge is 0.382 e. The monoisotopic (exact) mass is 487 g/mol. The molecule has 1 fully saturated rings. The summed E-state index contributed by atoms with van der Waals surface area (Å²) < 4.78 is 11.0. The Hall–Kier alpha value is -3.54. The van der Waals surface area contributed by atoms with Gasteiger partial charge in [0.1, 0.15) is 6.07 Å². The molecule has 1 aromatic carbocycles. The molecule has 0 aliphatic heterocycles. The summed E-state index contributed by atoms with van der Waals surface area (Å²) in [5.74, 6) is 0.108. The number of hydrogen-bond donors (Lipinski definition) is 2. The number of hydrogen-bond acceptors (Lipinski definition) is 6. The second kappa shape index (κ2) is 11.9. The van der Waals surface area contributed by atoms with E-state index in [1.54, 1.807) is 19.4 Å². The van der Waals surface area contributed by atoms with Gasteiger partial charge in [0.15, 0.2) is 0 Å². The molecule has 2 aromatic rings. The normalized spacial score (nSPS) is 20.7. The number of aromatic nitrogens is 2. The van der Waals surface area contributed by atoms with Crippen molar-refractivity contribution in [2.45, 2.75) is 49.6 Å². The van der Waals surface area contributed by atoms with Crippen molar-refractivity contribution in [1.29, 1.82) is 5.26 Å². The fraction of sp³-hybridized carbons (Fsp3) is 0.429. The van der Waals surface area contributed by atoms with Gasteiger partial charge >= 0.3 is 6.03 Å². The van der Waals surface area contributed by atoms with Crippen molar-refractivity contribution in [3.63, 3.8) is 0 Å². The highest BCUT2D eigenvalue weighted by molar-refractivity contribution is 5.79. The van der Waals surface area contributed by atoms with Crippen molar-refractivity contribution in [3.05, 3.63) is 77.9 Å². The second-order valence-corrected chi connectivity index (χ2v) is 9.36. The average molecular weight is 488 g/mol. The van der Waals surface area contributed by atoms with E-state index in [1.807, 2.05) is 36.4 Å². The molecule has 1 saturated carbocycles. The lowest BCUT2D eigenvalue weighted by molar-refractivity contribution is 0.0463. The third-order valence-electron chi connectivity index (χ3n) is 6.83. The molecule has 1 heterocycles. The molecule has 1 unspecified atom stereocenters. The highest BCUT2D eigenvalue weighted by atomic mass is 16.5. The molecule has 0 radical (unpaired) electrons. The van der Waals surface area contributed by atoms with Crippen LogP contribution < -0.4 is 10.6 Å². The quantitative estimate of drug-likeness (QED) is 0.512. The maximum absolute atomic E-state index is 13.5. The van der Waals surface area contributed by atoms with Crippen LogP contribution in [-0.2, 0) is 15.0 Å². The first-order valence-electron chi connectivity index (χ1n) is 12.4. The van der Waals surface area contributed by atoms with Crippen molar-refractivity contribution in [2.24, 2.45) is 0 Å². The van der Waals surface area contributed by atoms with Crippen LogP contribution in [0.1, 0.15) is 55.6 Å². The summed E-state index contributed by atoms with van der Waals surface area (Å²) >= 11 is 0. The van der Waals surface area contributed by atoms with Crippen LogP contribution in [0.15, 0.2) is 60.8 Å². The number of nitrogens with one attached hydrogen (secondary N) is 2. The van der Waals surface area contributed by atoms with Crippen LogP contribution >= 0.6 is 0 Å². The average Bonchev–Trinajstić information content (AvgIpc) is 2.92. The van der Waals surface area contributed by atoms with E-state index in [-0.39, 0.29) is 11.9 Å². The first-order valence-corrected chi connectivity index (χ1v) is 12.4. The molecule has 2 N–H and O–H groups in total. The van der Waals surface area contributed by atoms with Gasteiger partial charge in [0.25, 0.3) is 0 Å². The molecule has 1 aromatic heterocycles. The first-order chi connectivity index (χ1) is 17.6. The maximum Gasteiger partial charge on any atom is 0.316 e. The van der Waals surface area contributed by atoms with Gasteiger partial charge in [0.05, 0.1) is 36.6 Å². The minimum Gasteiger partial charge on any atom is -0.382 e. The minimum atomic E-state index is -0.699. The van der Waals surface area contributed by atoms with Crippen molar-refractivity contribution >= 4 is 11.6 Å². The number of carbonyl (C=O) groups excluding carboxylic acids is 1. The van der Waals surface area contributed by atoms with Gasteiger partial charge < -0.3 is 20.1 Å². The highest BCUT2D eigenvalue weighted by Gasteiger charge is 2.39. The molecule has 8 nitrogen and oxygen atoms in total. The summed E-state index contributed by atoms with van der Waals surface area (Å²) in [6.45, 7) is 1.24. The van der Waals surface area contributed by atoms with Crippen molar-refractivity contribution in [1.82, 2.24) is 20.6 Å². The van der Waals surface area contributed by atoms with E-state index in [2.05, 4.69) is 38.8 Å². The van der Waals surface area contributed by atoms with E-state index in [9.17, 15) is 10.1 Å². The van der Waals surface area contributed by atoms with Crippen LogP contribution in [0.5, 0.6) is 0 Å². The molecular formula is C28H33N5O3. The van der Waals surface area contributed by atoms with E-state index < -0.39 is 11.1 Å². The topological polar surface area (TPSA) is 109 Å². The van der Waals surface area contributed by atoms with Gasteiger partial charge in [0, 0.05) is 13.3 Å². The number of ether oxygens (including phenoxy) is 2. The summed E-state index contributed by atoms with van der Waals surface area (Å²) in [6, 6.07) is 13.7. The SMILES string of the molecule is COCCOCC1(NC(=O)NC2(c3ccnc(C#N)n3)CCCCC2)C=CC(c2ccccc2)=CC1. The van der Waals surface area contributed by atoms with Gasteiger partial charge in [-0.1, -0.05) is 67.8 Å². The Morgan fingerprint density at radius 2 is 1.92 bits per heavy atom. The highest BCUT2D eigenvalue weighted by Crippen LogP contribution is 2.36. The van der Waals surface area contributed by atoms with E-state index >= 15 is 0 Å². The van der Waals surface area contributed by atoms with E-state index in [0.717, 1.165) is 43.2 Å². The lowest BCUT2D eigenvalue weighted by atomic mass is 9.79. The second-order valence-electron chi connectivity index (χ2n) is 9.36. The van der Waals surface area contributed by atoms with Crippen LogP contribution in [0, 0.1) is 11.3 Å². The molecule has 188 valence electrons. The third kappa shape index (κ3) is 6.17. The zero-order valence-electron chi connectivity index (χ0n) is 20.7. The maximum atomic E-state index is 13.5. The van der Waals surface area contributed by atoms with Gasteiger partial charge in [-0.2, -0.15) is 5.26 Å². The first kappa shape index (κ1) is 25.5. The molecule has 8 heteroatoms. The Morgan fingerprint density at radius 1 is 1.11 bits per heavy atom. The molecule has 0 spiro atoms. The van der Waals surface area contributed by atoms with Crippen LogP contribution in [0.25, 0.3) is 5.57 Å². The van der Waals surface area contributed by atoms with Gasteiger partial charge in [-0.15, -0.1) is 0 Å². The summed E-state index contributed by atoms with van der Waals surface area (Å²) in [4.78, 5) is 21.9. The molecule has 36 heavy (non-hydrogen) atoms. The van der Waals surface area contributed by atoms with Crippen molar-refractivity contribution in [2.75, 3.05) is 26.9 Å². The summed E-state index contributed by atoms with van der Waals surface area (Å²) in [5, 5.41) is 15.7. The van der Waals surface area contributed by atoms with Crippen LogP contribution in [0.3, 0.4) is 0 Å². The Labute approximate surface area is 212 Å². The standard InChI is InChI=1S/C28H33N5O3/c1-35-18-19-36-21-27(15-10-23(11-16-27)22-8-4-2-5-9-22)32-26(34)33-28(13-6-3-7-14-28)24-12-17-30-25(20-29)31-24/h2,4-5,8-12,15,17H,3,6-7,13-14,16,18-19,21H2,1H3,(H2,32,33,34). The fourth-order valence-electron chi connectivity index (χ4n) is 4.91. The van der Waals surface area contributed by atoms with Crippen LogP contribution in [0.4, 0.5) is 4.79 Å². The minimum absolute atomic E-state index is 0.108. The predicted octanol–water partition coefficient (Wildman–Crippen LogP) is 4.25. The van der Waals surface area contributed by atoms with Crippen molar-refractivity contribution in [3.8, 4) is 6.07 Å². The lowest BCUT2D eigenvalue weighted by Crippen LogP contribution is -2.59. The van der Waals surface area contributed by atoms with Crippen molar-refractivity contribution < 1.29 is 14.3 Å². The summed E-state index contributed by atoms with van der Waals surface area (Å²) in [7, 11) is 1.63. The number of nitriles is 1. The number of carbonyl (C=O) groups is 1. The molecule has 0 bridgehead atoms. The molecule has 2 aliphatic carbocycles. The van der Waals surface area contributed by atoms with Gasteiger partial charge in [-0.25, -0.2) is 14.8 Å². The Bertz CT molecular complexity index is 1140. The predicted molar refractivity (Wildman–Crippen MR) is 137 cm³/mol. The number of urea groups is 1. The summed E-state index contributed by atoms with van der Waals surface area (Å²) in [5.41, 5.74) is 1.58. The number of rotatable bonds is 9. The van der Waals surface area contributed by atoms with Crippen LogP contribution in [0.2, 0.25) is 0 Å². The molecule has 2 amide bonds. The lowest BCUT2D eigenvalue weighted by Gasteiger charge is -2.40. The van der Waals surface area contributed by atoms with E-state index in [4.69, 9.17) is 9.47 Å².